The van der Waals surface area contributed by atoms with E-state index in [4.69, 9.17) is 4.42 Å². The number of hydrogen-bond acceptors (Lipinski definition) is 4. The van der Waals surface area contributed by atoms with Gasteiger partial charge in [0.2, 0.25) is 10.0 Å². The highest BCUT2D eigenvalue weighted by Gasteiger charge is 2.20. The summed E-state index contributed by atoms with van der Waals surface area (Å²) in [5, 5.41) is 3.11. The van der Waals surface area contributed by atoms with Crippen LogP contribution in [-0.4, -0.2) is 15.0 Å². The molecule has 0 amide bonds. The van der Waals surface area contributed by atoms with Crippen LogP contribution in [0.1, 0.15) is 24.0 Å². The summed E-state index contributed by atoms with van der Waals surface area (Å²) >= 11 is 0. The zero-order valence-corrected chi connectivity index (χ0v) is 13.0. The number of sulfonamides is 1. The molecule has 0 aliphatic carbocycles. The second-order valence-electron chi connectivity index (χ2n) is 4.72. The highest BCUT2D eigenvalue weighted by Crippen LogP contribution is 2.20. The Kier molecular flexibility index (Phi) is 5.17. The Balaban J connectivity index is 2.10. The van der Waals surface area contributed by atoms with Crippen molar-refractivity contribution in [3.63, 3.8) is 0 Å². The first-order chi connectivity index (χ1) is 10.0. The fourth-order valence-corrected chi connectivity index (χ4v) is 3.20. The van der Waals surface area contributed by atoms with Crippen molar-refractivity contribution in [1.82, 2.24) is 10.0 Å². The fourth-order valence-electron chi connectivity index (χ4n) is 1.98. The smallest absolute Gasteiger partial charge is 0.244 e. The topological polar surface area (TPSA) is 71.3 Å². The van der Waals surface area contributed by atoms with E-state index in [1.54, 1.807) is 13.0 Å². The maximum absolute atomic E-state index is 12.3. The van der Waals surface area contributed by atoms with Gasteiger partial charge in [0.05, 0.1) is 6.54 Å². The van der Waals surface area contributed by atoms with Crippen LogP contribution >= 0.6 is 0 Å². The first-order valence-electron chi connectivity index (χ1n) is 6.86. The lowest BCUT2D eigenvalue weighted by Crippen LogP contribution is -2.23. The Morgan fingerprint density at radius 3 is 2.52 bits per heavy atom. The number of furan rings is 1. The Hall–Kier alpha value is -1.63. The van der Waals surface area contributed by atoms with E-state index < -0.39 is 10.0 Å². The van der Waals surface area contributed by atoms with Gasteiger partial charge < -0.3 is 9.73 Å². The second kappa shape index (κ2) is 6.89. The molecule has 2 aromatic rings. The quantitative estimate of drug-likeness (QED) is 0.822. The summed E-state index contributed by atoms with van der Waals surface area (Å²) in [6.45, 7) is 5.22. The highest BCUT2D eigenvalue weighted by atomic mass is 32.2. The number of hydrogen-bond donors (Lipinski definition) is 2. The Morgan fingerprint density at radius 2 is 1.86 bits per heavy atom. The van der Waals surface area contributed by atoms with E-state index in [-0.39, 0.29) is 11.4 Å². The minimum atomic E-state index is -3.56. The Bertz CT molecular complexity index is 678. The van der Waals surface area contributed by atoms with Crippen LogP contribution in [0.4, 0.5) is 0 Å². The molecule has 0 unspecified atom stereocenters. The molecule has 0 saturated heterocycles. The van der Waals surface area contributed by atoms with E-state index in [1.807, 2.05) is 37.3 Å². The molecule has 0 saturated carbocycles. The number of aryl methyl sites for hydroxylation is 1. The average Bonchev–Trinajstić information content (AvgIpc) is 2.86. The third-order valence-corrected chi connectivity index (χ3v) is 4.58. The first-order valence-corrected chi connectivity index (χ1v) is 8.35. The molecule has 0 bridgehead atoms. The summed E-state index contributed by atoms with van der Waals surface area (Å²) in [7, 11) is -3.56. The summed E-state index contributed by atoms with van der Waals surface area (Å²) in [5.41, 5.74) is 0.912. The summed E-state index contributed by atoms with van der Waals surface area (Å²) in [5.74, 6) is 1.03. The molecule has 0 atom stereocenters. The van der Waals surface area contributed by atoms with E-state index in [0.29, 0.717) is 18.1 Å². The molecule has 1 heterocycles. The molecule has 1 aromatic heterocycles. The molecule has 5 nitrogen and oxygen atoms in total. The highest BCUT2D eigenvalue weighted by molar-refractivity contribution is 7.89. The monoisotopic (exact) mass is 308 g/mol. The van der Waals surface area contributed by atoms with Crippen molar-refractivity contribution in [2.45, 2.75) is 31.8 Å². The molecule has 2 N–H and O–H groups in total. The molecular weight excluding hydrogens is 288 g/mol. The average molecular weight is 308 g/mol. The lowest BCUT2D eigenvalue weighted by atomic mass is 10.2. The normalized spacial score (nSPS) is 11.7. The predicted molar refractivity (Wildman–Crippen MR) is 81.3 cm³/mol. The van der Waals surface area contributed by atoms with Crippen LogP contribution in [0.2, 0.25) is 0 Å². The molecule has 2 rings (SSSR count). The van der Waals surface area contributed by atoms with Gasteiger partial charge in [-0.3, -0.25) is 0 Å². The maximum Gasteiger partial charge on any atom is 0.244 e. The van der Waals surface area contributed by atoms with Crippen LogP contribution in [0.5, 0.6) is 0 Å². The fraction of sp³-hybridized carbons (Fsp3) is 0.333. The van der Waals surface area contributed by atoms with Crippen LogP contribution in [0.3, 0.4) is 0 Å². The van der Waals surface area contributed by atoms with Crippen molar-refractivity contribution in [2.24, 2.45) is 0 Å². The molecule has 0 fully saturated rings. The summed E-state index contributed by atoms with van der Waals surface area (Å²) in [6, 6.07) is 11.0. The number of benzene rings is 1. The third kappa shape index (κ3) is 4.17. The van der Waals surface area contributed by atoms with Gasteiger partial charge in [-0.15, -0.1) is 0 Å². The van der Waals surface area contributed by atoms with Gasteiger partial charge in [0.15, 0.2) is 0 Å². The van der Waals surface area contributed by atoms with Gasteiger partial charge in [-0.05, 0) is 19.0 Å². The molecule has 0 aliphatic heterocycles. The first kappa shape index (κ1) is 15.8. The predicted octanol–water partition coefficient (Wildman–Crippen LogP) is 2.18. The summed E-state index contributed by atoms with van der Waals surface area (Å²) < 4.78 is 32.7. The lowest BCUT2D eigenvalue weighted by Gasteiger charge is -2.05. The van der Waals surface area contributed by atoms with Gasteiger partial charge in [-0.25, -0.2) is 13.1 Å². The van der Waals surface area contributed by atoms with Gasteiger partial charge >= 0.3 is 0 Å². The van der Waals surface area contributed by atoms with E-state index in [2.05, 4.69) is 10.0 Å². The van der Waals surface area contributed by atoms with Crippen LogP contribution in [0, 0.1) is 6.92 Å². The maximum atomic E-state index is 12.3. The SMILES string of the molecule is CCNCc1cc(S(=O)(=O)NCc2ccccc2)c(C)o1. The standard InChI is InChI=1S/C15H20N2O3S/c1-3-16-11-14-9-15(12(2)20-14)21(18,19)17-10-13-7-5-4-6-8-13/h4-9,16-17H,3,10-11H2,1-2H3. The molecule has 1 aromatic carbocycles. The van der Waals surface area contributed by atoms with E-state index >= 15 is 0 Å². The van der Waals surface area contributed by atoms with Gasteiger partial charge in [-0.1, -0.05) is 37.3 Å². The second-order valence-corrected chi connectivity index (χ2v) is 6.46. The van der Waals surface area contributed by atoms with Crippen LogP contribution in [0.25, 0.3) is 0 Å². The molecule has 6 heteroatoms. The molecule has 21 heavy (non-hydrogen) atoms. The Labute approximate surface area is 125 Å². The molecule has 0 aliphatic rings. The van der Waals surface area contributed by atoms with Gasteiger partial charge in [0.1, 0.15) is 16.4 Å². The Morgan fingerprint density at radius 1 is 1.14 bits per heavy atom. The van der Waals surface area contributed by atoms with Crippen molar-refractivity contribution in [1.29, 1.82) is 0 Å². The third-order valence-electron chi connectivity index (χ3n) is 3.07. The van der Waals surface area contributed by atoms with E-state index in [0.717, 1.165) is 12.1 Å². The van der Waals surface area contributed by atoms with Gasteiger partial charge in [0.25, 0.3) is 0 Å². The molecule has 0 radical (unpaired) electrons. The largest absolute Gasteiger partial charge is 0.464 e. The zero-order valence-electron chi connectivity index (χ0n) is 12.2. The minimum Gasteiger partial charge on any atom is -0.464 e. The lowest BCUT2D eigenvalue weighted by molar-refractivity contribution is 0.460. The van der Waals surface area contributed by atoms with E-state index in [9.17, 15) is 8.42 Å². The number of rotatable bonds is 7. The molecular formula is C15H20N2O3S. The van der Waals surface area contributed by atoms with Crippen molar-refractivity contribution in [2.75, 3.05) is 6.54 Å². The van der Waals surface area contributed by atoms with Gasteiger partial charge in [0, 0.05) is 12.6 Å². The van der Waals surface area contributed by atoms with Crippen LogP contribution < -0.4 is 10.0 Å². The summed E-state index contributed by atoms with van der Waals surface area (Å²) in [4.78, 5) is 0.200. The van der Waals surface area contributed by atoms with Crippen molar-refractivity contribution in [3.05, 3.63) is 53.5 Å². The zero-order chi connectivity index (χ0) is 15.3. The summed E-state index contributed by atoms with van der Waals surface area (Å²) in [6.07, 6.45) is 0. The van der Waals surface area contributed by atoms with E-state index in [1.165, 1.54) is 0 Å². The van der Waals surface area contributed by atoms with Crippen LogP contribution in [-0.2, 0) is 23.1 Å². The minimum absolute atomic E-state index is 0.200. The van der Waals surface area contributed by atoms with Gasteiger partial charge in [-0.2, -0.15) is 0 Å². The molecule has 114 valence electrons. The number of nitrogens with one attached hydrogen (secondary N) is 2. The van der Waals surface area contributed by atoms with Crippen molar-refractivity contribution >= 4 is 10.0 Å². The van der Waals surface area contributed by atoms with Crippen molar-refractivity contribution in [3.8, 4) is 0 Å². The molecule has 0 spiro atoms. The van der Waals surface area contributed by atoms with Crippen molar-refractivity contribution < 1.29 is 12.8 Å². The van der Waals surface area contributed by atoms with Crippen LogP contribution in [0.15, 0.2) is 45.7 Å².